The first kappa shape index (κ1) is 14.2. The Morgan fingerprint density at radius 3 is 2.44 bits per heavy atom. The van der Waals surface area contributed by atoms with E-state index in [-0.39, 0.29) is 5.78 Å². The average molecular weight is 249 g/mol. The highest BCUT2D eigenvalue weighted by atomic mass is 16.6. The molecule has 0 radical (unpaired) electrons. The number of carbonyl (C=O) groups excluding carboxylic acids is 1. The highest BCUT2D eigenvalue weighted by molar-refractivity contribution is 6.45. The van der Waals surface area contributed by atoms with E-state index >= 15 is 0 Å². The van der Waals surface area contributed by atoms with Crippen LogP contribution in [0, 0.1) is 0 Å². The van der Waals surface area contributed by atoms with Crippen molar-refractivity contribution < 1.29 is 14.4 Å². The maximum atomic E-state index is 11.9. The van der Waals surface area contributed by atoms with Gasteiger partial charge >= 0.3 is 0 Å². The van der Waals surface area contributed by atoms with E-state index in [1.807, 2.05) is 13.8 Å². The molecule has 0 saturated heterocycles. The summed E-state index contributed by atoms with van der Waals surface area (Å²) in [5.41, 5.74) is 0.930. The van der Waals surface area contributed by atoms with Crippen LogP contribution in [0.1, 0.15) is 37.6 Å². The fourth-order valence-corrected chi connectivity index (χ4v) is 1.33. The number of ketones is 1. The molecule has 4 nitrogen and oxygen atoms in total. The topological polar surface area (TPSA) is 47.9 Å². The summed E-state index contributed by atoms with van der Waals surface area (Å²) in [6.07, 6.45) is 0.959. The van der Waals surface area contributed by atoms with E-state index in [2.05, 4.69) is 5.16 Å². The quantitative estimate of drug-likeness (QED) is 0.424. The Labute approximate surface area is 108 Å². The zero-order valence-electron chi connectivity index (χ0n) is 11.1. The van der Waals surface area contributed by atoms with Crippen molar-refractivity contribution in [2.75, 3.05) is 13.2 Å². The van der Waals surface area contributed by atoms with E-state index in [4.69, 9.17) is 9.57 Å². The van der Waals surface area contributed by atoms with Crippen LogP contribution in [0.15, 0.2) is 29.4 Å². The van der Waals surface area contributed by atoms with E-state index in [9.17, 15) is 4.79 Å². The van der Waals surface area contributed by atoms with Crippen LogP contribution in [0.2, 0.25) is 0 Å². The second-order valence-electron chi connectivity index (χ2n) is 3.80. The second-order valence-corrected chi connectivity index (χ2v) is 3.80. The van der Waals surface area contributed by atoms with Gasteiger partial charge in [-0.1, -0.05) is 12.1 Å². The van der Waals surface area contributed by atoms with Crippen LogP contribution in [0.25, 0.3) is 0 Å². The molecule has 18 heavy (non-hydrogen) atoms. The van der Waals surface area contributed by atoms with Crippen LogP contribution in [-0.4, -0.2) is 24.7 Å². The number of oxime groups is 1. The van der Waals surface area contributed by atoms with Gasteiger partial charge in [-0.15, -0.1) is 0 Å². The summed E-state index contributed by atoms with van der Waals surface area (Å²) in [4.78, 5) is 16.8. The summed E-state index contributed by atoms with van der Waals surface area (Å²) in [7, 11) is 0. The zero-order chi connectivity index (χ0) is 13.4. The molecular weight excluding hydrogens is 230 g/mol. The SMILES string of the molecule is CCCOc1ccc(C(=O)/C(C)=N/OCC)cc1. The minimum absolute atomic E-state index is 0.134. The van der Waals surface area contributed by atoms with Crippen LogP contribution in [0.4, 0.5) is 0 Å². The van der Waals surface area contributed by atoms with Crippen LogP contribution >= 0.6 is 0 Å². The van der Waals surface area contributed by atoms with Gasteiger partial charge in [-0.25, -0.2) is 0 Å². The van der Waals surface area contributed by atoms with Crippen molar-refractivity contribution in [2.45, 2.75) is 27.2 Å². The lowest BCUT2D eigenvalue weighted by molar-refractivity contribution is 0.105. The van der Waals surface area contributed by atoms with Crippen molar-refractivity contribution in [1.29, 1.82) is 0 Å². The largest absolute Gasteiger partial charge is 0.494 e. The molecule has 0 saturated carbocycles. The molecule has 4 heteroatoms. The Kier molecular flexibility index (Phi) is 5.91. The monoisotopic (exact) mass is 249 g/mol. The number of carbonyl (C=O) groups is 1. The minimum atomic E-state index is -0.134. The second kappa shape index (κ2) is 7.48. The fraction of sp³-hybridized carbons (Fsp3) is 0.429. The number of hydrogen-bond acceptors (Lipinski definition) is 4. The number of ether oxygens (including phenoxy) is 1. The summed E-state index contributed by atoms with van der Waals surface area (Å²) < 4.78 is 5.45. The molecule has 1 aromatic rings. The summed E-state index contributed by atoms with van der Waals surface area (Å²) in [6.45, 7) is 6.64. The zero-order valence-corrected chi connectivity index (χ0v) is 11.1. The Morgan fingerprint density at radius 1 is 1.22 bits per heavy atom. The summed E-state index contributed by atoms with van der Waals surface area (Å²) in [5.74, 6) is 0.637. The Hall–Kier alpha value is -1.84. The first-order chi connectivity index (χ1) is 8.69. The molecule has 1 aromatic carbocycles. The molecular formula is C14H19NO3. The number of benzene rings is 1. The number of hydrogen-bond donors (Lipinski definition) is 0. The van der Waals surface area contributed by atoms with E-state index in [0.717, 1.165) is 12.2 Å². The molecule has 98 valence electrons. The van der Waals surface area contributed by atoms with E-state index in [1.165, 1.54) is 0 Å². The van der Waals surface area contributed by atoms with Gasteiger partial charge in [0.25, 0.3) is 0 Å². The van der Waals surface area contributed by atoms with Crippen molar-refractivity contribution >= 4 is 11.5 Å². The van der Waals surface area contributed by atoms with Crippen LogP contribution in [0.5, 0.6) is 5.75 Å². The normalized spacial score (nSPS) is 11.2. The summed E-state index contributed by atoms with van der Waals surface area (Å²) in [5, 5.41) is 3.73. The van der Waals surface area contributed by atoms with Crippen molar-refractivity contribution in [2.24, 2.45) is 5.16 Å². The lowest BCUT2D eigenvalue weighted by Gasteiger charge is -2.05. The molecule has 0 aliphatic rings. The van der Waals surface area contributed by atoms with Gasteiger partial charge < -0.3 is 9.57 Å². The maximum absolute atomic E-state index is 11.9. The van der Waals surface area contributed by atoms with Crippen molar-refractivity contribution in [1.82, 2.24) is 0 Å². The molecule has 0 fully saturated rings. The highest BCUT2D eigenvalue weighted by Gasteiger charge is 2.10. The lowest BCUT2D eigenvalue weighted by atomic mass is 10.1. The molecule has 0 aliphatic heterocycles. The van der Waals surface area contributed by atoms with E-state index < -0.39 is 0 Å². The fourth-order valence-electron chi connectivity index (χ4n) is 1.33. The average Bonchev–Trinajstić information content (AvgIpc) is 2.42. The van der Waals surface area contributed by atoms with Crippen molar-refractivity contribution in [3.63, 3.8) is 0 Å². The molecule has 0 unspecified atom stereocenters. The molecule has 0 aromatic heterocycles. The van der Waals surface area contributed by atoms with Gasteiger partial charge in [0.2, 0.25) is 5.78 Å². The molecule has 0 aliphatic carbocycles. The third kappa shape index (κ3) is 4.20. The predicted octanol–water partition coefficient (Wildman–Crippen LogP) is 3.07. The van der Waals surface area contributed by atoms with Gasteiger partial charge in [0.05, 0.1) is 6.61 Å². The van der Waals surface area contributed by atoms with E-state index in [0.29, 0.717) is 24.5 Å². The molecule has 0 bridgehead atoms. The molecule has 0 spiro atoms. The van der Waals surface area contributed by atoms with Crippen LogP contribution in [-0.2, 0) is 4.84 Å². The molecule has 0 amide bonds. The Balaban J connectivity index is 2.69. The summed E-state index contributed by atoms with van der Waals surface area (Å²) in [6, 6.07) is 7.05. The molecule has 0 atom stereocenters. The van der Waals surface area contributed by atoms with Gasteiger partial charge in [0.1, 0.15) is 18.1 Å². The number of nitrogens with zero attached hydrogens (tertiary/aromatic N) is 1. The third-order valence-electron chi connectivity index (χ3n) is 2.25. The number of Topliss-reactive ketones (excluding diaryl/α,β-unsaturated/α-hetero) is 1. The van der Waals surface area contributed by atoms with Crippen molar-refractivity contribution in [3.8, 4) is 5.75 Å². The Bertz CT molecular complexity index is 410. The van der Waals surface area contributed by atoms with Gasteiger partial charge in [-0.2, -0.15) is 0 Å². The van der Waals surface area contributed by atoms with Gasteiger partial charge in [0, 0.05) is 5.56 Å². The summed E-state index contributed by atoms with van der Waals surface area (Å²) >= 11 is 0. The number of rotatable bonds is 7. The van der Waals surface area contributed by atoms with Gasteiger partial charge in [-0.05, 0) is 44.5 Å². The standard InChI is InChI=1S/C14H19NO3/c1-4-10-17-13-8-6-12(7-9-13)14(16)11(3)15-18-5-2/h6-9H,4-5,10H2,1-3H3/b15-11+. The van der Waals surface area contributed by atoms with Crippen molar-refractivity contribution in [3.05, 3.63) is 29.8 Å². The first-order valence-corrected chi connectivity index (χ1v) is 6.13. The first-order valence-electron chi connectivity index (χ1n) is 6.13. The lowest BCUT2D eigenvalue weighted by Crippen LogP contribution is -2.11. The Morgan fingerprint density at radius 2 is 1.89 bits per heavy atom. The third-order valence-corrected chi connectivity index (χ3v) is 2.25. The molecule has 0 N–H and O–H groups in total. The van der Waals surface area contributed by atoms with E-state index in [1.54, 1.807) is 31.2 Å². The predicted molar refractivity (Wildman–Crippen MR) is 71.3 cm³/mol. The van der Waals surface area contributed by atoms with Crippen LogP contribution in [0.3, 0.4) is 0 Å². The van der Waals surface area contributed by atoms with Gasteiger partial charge in [0.15, 0.2) is 0 Å². The molecule has 1 rings (SSSR count). The minimum Gasteiger partial charge on any atom is -0.494 e. The van der Waals surface area contributed by atoms with Crippen LogP contribution < -0.4 is 4.74 Å². The highest BCUT2D eigenvalue weighted by Crippen LogP contribution is 2.13. The maximum Gasteiger partial charge on any atom is 0.210 e. The van der Waals surface area contributed by atoms with Gasteiger partial charge in [-0.3, -0.25) is 4.79 Å². The molecule has 0 heterocycles. The smallest absolute Gasteiger partial charge is 0.210 e.